The Morgan fingerprint density at radius 2 is 2.07 bits per heavy atom. The summed E-state index contributed by atoms with van der Waals surface area (Å²) in [7, 11) is 0. The Balaban J connectivity index is 2.40. The molecule has 0 radical (unpaired) electrons. The lowest BCUT2D eigenvalue weighted by atomic mass is 9.97. The van der Waals surface area contributed by atoms with Crippen LogP contribution in [0.1, 0.15) is 53.4 Å². The SMILES string of the molecule is CCCNC(CC(C)C)C1CCC(C)O1. The molecule has 1 fully saturated rings. The predicted molar refractivity (Wildman–Crippen MR) is 65.1 cm³/mol. The number of hydrogen-bond acceptors (Lipinski definition) is 2. The topological polar surface area (TPSA) is 21.3 Å². The molecule has 3 unspecified atom stereocenters. The molecule has 0 bridgehead atoms. The van der Waals surface area contributed by atoms with Gasteiger partial charge in [-0.3, -0.25) is 0 Å². The van der Waals surface area contributed by atoms with Crippen molar-refractivity contribution in [2.24, 2.45) is 5.92 Å². The van der Waals surface area contributed by atoms with Crippen molar-refractivity contribution >= 4 is 0 Å². The third-order valence-corrected chi connectivity index (χ3v) is 3.10. The van der Waals surface area contributed by atoms with E-state index in [9.17, 15) is 0 Å². The van der Waals surface area contributed by atoms with Gasteiger partial charge in [0, 0.05) is 6.04 Å². The summed E-state index contributed by atoms with van der Waals surface area (Å²) in [5, 5.41) is 3.64. The summed E-state index contributed by atoms with van der Waals surface area (Å²) in [6.45, 7) is 10.1. The molecule has 0 aromatic heterocycles. The van der Waals surface area contributed by atoms with E-state index in [4.69, 9.17) is 4.74 Å². The third kappa shape index (κ3) is 4.52. The molecule has 0 aliphatic carbocycles. The molecule has 0 spiro atoms. The molecule has 90 valence electrons. The molecular weight excluding hydrogens is 186 g/mol. The number of hydrogen-bond donors (Lipinski definition) is 1. The summed E-state index contributed by atoms with van der Waals surface area (Å²) in [4.78, 5) is 0. The van der Waals surface area contributed by atoms with E-state index in [0.29, 0.717) is 18.2 Å². The molecule has 0 saturated carbocycles. The quantitative estimate of drug-likeness (QED) is 0.732. The molecule has 0 aromatic carbocycles. The first-order valence-electron chi connectivity index (χ1n) is 6.52. The Bertz CT molecular complexity index is 170. The van der Waals surface area contributed by atoms with Crippen LogP contribution in [0.5, 0.6) is 0 Å². The average Bonchev–Trinajstić information content (AvgIpc) is 2.58. The van der Waals surface area contributed by atoms with Gasteiger partial charge in [0.15, 0.2) is 0 Å². The lowest BCUT2D eigenvalue weighted by Crippen LogP contribution is -2.41. The molecular formula is C13H27NO. The normalized spacial score (nSPS) is 28.6. The van der Waals surface area contributed by atoms with E-state index in [-0.39, 0.29) is 0 Å². The van der Waals surface area contributed by atoms with Crippen LogP contribution in [0.2, 0.25) is 0 Å². The molecule has 1 heterocycles. The van der Waals surface area contributed by atoms with Crippen LogP contribution in [0.4, 0.5) is 0 Å². The second kappa shape index (κ2) is 6.49. The fourth-order valence-electron chi connectivity index (χ4n) is 2.33. The van der Waals surface area contributed by atoms with Gasteiger partial charge in [-0.2, -0.15) is 0 Å². The maximum absolute atomic E-state index is 5.96. The zero-order valence-corrected chi connectivity index (χ0v) is 10.8. The highest BCUT2D eigenvalue weighted by molar-refractivity contribution is 4.83. The Morgan fingerprint density at radius 3 is 2.53 bits per heavy atom. The summed E-state index contributed by atoms with van der Waals surface area (Å²) < 4.78 is 5.96. The van der Waals surface area contributed by atoms with E-state index in [1.807, 2.05) is 0 Å². The van der Waals surface area contributed by atoms with Crippen LogP contribution in [-0.4, -0.2) is 24.8 Å². The third-order valence-electron chi connectivity index (χ3n) is 3.10. The highest BCUT2D eigenvalue weighted by Gasteiger charge is 2.29. The maximum Gasteiger partial charge on any atom is 0.0732 e. The molecule has 0 aromatic rings. The van der Waals surface area contributed by atoms with Gasteiger partial charge < -0.3 is 10.1 Å². The van der Waals surface area contributed by atoms with Gasteiger partial charge in [0.2, 0.25) is 0 Å². The highest BCUT2D eigenvalue weighted by Crippen LogP contribution is 2.24. The van der Waals surface area contributed by atoms with Gasteiger partial charge in [0.05, 0.1) is 12.2 Å². The van der Waals surface area contributed by atoms with Gasteiger partial charge in [-0.05, 0) is 45.1 Å². The fraction of sp³-hybridized carbons (Fsp3) is 1.00. The van der Waals surface area contributed by atoms with Gasteiger partial charge in [-0.1, -0.05) is 20.8 Å². The summed E-state index contributed by atoms with van der Waals surface area (Å²) in [6, 6.07) is 0.565. The van der Waals surface area contributed by atoms with E-state index >= 15 is 0 Å². The second-order valence-corrected chi connectivity index (χ2v) is 5.25. The molecule has 0 amide bonds. The van der Waals surface area contributed by atoms with Crippen molar-refractivity contribution in [2.75, 3.05) is 6.54 Å². The Kier molecular flexibility index (Phi) is 5.62. The summed E-state index contributed by atoms with van der Waals surface area (Å²) in [6.07, 6.45) is 5.82. The molecule has 2 heteroatoms. The van der Waals surface area contributed by atoms with Crippen molar-refractivity contribution in [3.63, 3.8) is 0 Å². The minimum Gasteiger partial charge on any atom is -0.374 e. The largest absolute Gasteiger partial charge is 0.374 e. The molecule has 1 aliphatic rings. The van der Waals surface area contributed by atoms with Crippen molar-refractivity contribution in [1.82, 2.24) is 5.32 Å². The van der Waals surface area contributed by atoms with Gasteiger partial charge >= 0.3 is 0 Å². The first-order valence-corrected chi connectivity index (χ1v) is 6.52. The molecule has 15 heavy (non-hydrogen) atoms. The Hall–Kier alpha value is -0.0800. The Labute approximate surface area is 94.8 Å². The minimum atomic E-state index is 0.453. The zero-order valence-electron chi connectivity index (χ0n) is 10.8. The molecule has 1 saturated heterocycles. The van der Waals surface area contributed by atoms with E-state index in [0.717, 1.165) is 12.5 Å². The molecule has 1 N–H and O–H groups in total. The first-order chi connectivity index (χ1) is 7.13. The van der Waals surface area contributed by atoms with Crippen molar-refractivity contribution in [1.29, 1.82) is 0 Å². The summed E-state index contributed by atoms with van der Waals surface area (Å²) in [5.74, 6) is 0.749. The van der Waals surface area contributed by atoms with Crippen LogP contribution >= 0.6 is 0 Å². The van der Waals surface area contributed by atoms with Gasteiger partial charge in [0.25, 0.3) is 0 Å². The van der Waals surface area contributed by atoms with Crippen LogP contribution < -0.4 is 5.32 Å². The van der Waals surface area contributed by atoms with Crippen molar-refractivity contribution in [3.05, 3.63) is 0 Å². The molecule has 1 rings (SSSR count). The Morgan fingerprint density at radius 1 is 1.33 bits per heavy atom. The highest BCUT2D eigenvalue weighted by atomic mass is 16.5. The fourth-order valence-corrected chi connectivity index (χ4v) is 2.33. The lowest BCUT2D eigenvalue weighted by molar-refractivity contribution is 0.0273. The van der Waals surface area contributed by atoms with Crippen molar-refractivity contribution in [2.45, 2.75) is 71.6 Å². The van der Waals surface area contributed by atoms with Gasteiger partial charge in [-0.15, -0.1) is 0 Å². The van der Waals surface area contributed by atoms with E-state index < -0.39 is 0 Å². The molecule has 1 aliphatic heterocycles. The van der Waals surface area contributed by atoms with Crippen LogP contribution in [0, 0.1) is 5.92 Å². The number of ether oxygens (including phenoxy) is 1. The van der Waals surface area contributed by atoms with E-state index in [2.05, 4.69) is 33.0 Å². The molecule has 3 atom stereocenters. The van der Waals surface area contributed by atoms with E-state index in [1.54, 1.807) is 0 Å². The van der Waals surface area contributed by atoms with E-state index in [1.165, 1.54) is 25.7 Å². The van der Waals surface area contributed by atoms with Crippen molar-refractivity contribution in [3.8, 4) is 0 Å². The minimum absolute atomic E-state index is 0.453. The van der Waals surface area contributed by atoms with Crippen LogP contribution in [0.25, 0.3) is 0 Å². The van der Waals surface area contributed by atoms with Crippen molar-refractivity contribution < 1.29 is 4.74 Å². The molecule has 2 nitrogen and oxygen atoms in total. The number of nitrogens with one attached hydrogen (secondary N) is 1. The smallest absolute Gasteiger partial charge is 0.0732 e. The lowest BCUT2D eigenvalue weighted by Gasteiger charge is -2.26. The summed E-state index contributed by atoms with van der Waals surface area (Å²) >= 11 is 0. The second-order valence-electron chi connectivity index (χ2n) is 5.25. The van der Waals surface area contributed by atoms with Crippen LogP contribution in [-0.2, 0) is 4.74 Å². The number of rotatable bonds is 6. The predicted octanol–water partition coefficient (Wildman–Crippen LogP) is 2.97. The standard InChI is InChI=1S/C13H27NO/c1-5-8-14-12(9-10(2)3)13-7-6-11(4)15-13/h10-14H,5-9H2,1-4H3. The zero-order chi connectivity index (χ0) is 11.3. The van der Waals surface area contributed by atoms with Gasteiger partial charge in [-0.25, -0.2) is 0 Å². The van der Waals surface area contributed by atoms with Gasteiger partial charge in [0.1, 0.15) is 0 Å². The van der Waals surface area contributed by atoms with Crippen LogP contribution in [0.15, 0.2) is 0 Å². The maximum atomic E-state index is 5.96. The monoisotopic (exact) mass is 213 g/mol. The average molecular weight is 213 g/mol. The summed E-state index contributed by atoms with van der Waals surface area (Å²) in [5.41, 5.74) is 0. The first kappa shape index (κ1) is 13.0. The van der Waals surface area contributed by atoms with Crippen LogP contribution in [0.3, 0.4) is 0 Å².